The minimum atomic E-state index is -0.618. The van der Waals surface area contributed by atoms with E-state index in [2.05, 4.69) is 27.9 Å². The predicted molar refractivity (Wildman–Crippen MR) is 73.1 cm³/mol. The number of nitrogens with zero attached hydrogens (tertiary/aromatic N) is 1. The summed E-state index contributed by atoms with van der Waals surface area (Å²) < 4.78 is 5.85. The first kappa shape index (κ1) is 13.5. The summed E-state index contributed by atoms with van der Waals surface area (Å²) in [4.78, 5) is 11.3. The molecule has 0 aromatic heterocycles. The van der Waals surface area contributed by atoms with Gasteiger partial charge in [-0.2, -0.15) is 5.26 Å². The van der Waals surface area contributed by atoms with E-state index in [-0.39, 0.29) is 12.2 Å². The summed E-state index contributed by atoms with van der Waals surface area (Å²) >= 11 is 2.20. The smallest absolute Gasteiger partial charge is 0.350 e. The Bertz CT molecular complexity index is 460. The predicted octanol–water partition coefficient (Wildman–Crippen LogP) is 2.67. The molecule has 0 spiro atoms. The Morgan fingerprint density at radius 3 is 2.71 bits per heavy atom. The number of benzene rings is 1. The molecule has 0 heterocycles. The highest BCUT2D eigenvalue weighted by atomic mass is 127. The normalized spacial score (nSPS) is 10.5. The molecule has 88 valence electrons. The van der Waals surface area contributed by atoms with E-state index in [1.807, 2.05) is 24.3 Å². The lowest BCUT2D eigenvalue weighted by Gasteiger charge is -2.02. The quantitative estimate of drug-likeness (QED) is 0.396. The molecule has 0 aliphatic carbocycles. The molecule has 1 rings (SSSR count). The van der Waals surface area contributed by atoms with Crippen LogP contribution in [0.1, 0.15) is 6.92 Å². The van der Waals surface area contributed by atoms with Crippen molar-refractivity contribution in [1.82, 2.24) is 0 Å². The molecule has 0 radical (unpaired) electrons. The van der Waals surface area contributed by atoms with Gasteiger partial charge in [-0.1, -0.05) is 0 Å². The molecule has 0 saturated carbocycles. The van der Waals surface area contributed by atoms with Gasteiger partial charge in [0.2, 0.25) is 0 Å². The van der Waals surface area contributed by atoms with Crippen LogP contribution in [0.15, 0.2) is 36.0 Å². The van der Waals surface area contributed by atoms with Gasteiger partial charge in [-0.05, 0) is 53.8 Å². The number of carbonyl (C=O) groups is 1. The second kappa shape index (κ2) is 6.91. The molecule has 0 aliphatic heterocycles. The molecule has 17 heavy (non-hydrogen) atoms. The number of nitrogens with one attached hydrogen (secondary N) is 1. The minimum Gasteiger partial charge on any atom is -0.462 e. The Morgan fingerprint density at radius 2 is 2.18 bits per heavy atom. The first-order valence-electron chi connectivity index (χ1n) is 4.97. The van der Waals surface area contributed by atoms with Crippen molar-refractivity contribution in [3.05, 3.63) is 39.6 Å². The first-order valence-corrected chi connectivity index (χ1v) is 6.04. The Kier molecular flexibility index (Phi) is 5.49. The van der Waals surface area contributed by atoms with Gasteiger partial charge >= 0.3 is 5.97 Å². The summed E-state index contributed by atoms with van der Waals surface area (Å²) in [6, 6.07) is 9.36. The van der Waals surface area contributed by atoms with Crippen LogP contribution in [0.4, 0.5) is 5.69 Å². The molecule has 1 N–H and O–H groups in total. The van der Waals surface area contributed by atoms with Crippen LogP contribution >= 0.6 is 22.6 Å². The summed E-state index contributed by atoms with van der Waals surface area (Å²) in [5.41, 5.74) is 0.757. The Morgan fingerprint density at radius 1 is 1.53 bits per heavy atom. The standard InChI is InChI=1S/C12H11IN2O2/c1-2-17-12(16)9(7-14)8-15-11-5-3-10(13)4-6-11/h3-6,8,15H,2H2,1H3/b9-8-. The van der Waals surface area contributed by atoms with E-state index in [1.54, 1.807) is 13.0 Å². The fourth-order valence-corrected chi connectivity index (χ4v) is 1.41. The Labute approximate surface area is 113 Å². The van der Waals surface area contributed by atoms with Gasteiger partial charge in [0.15, 0.2) is 5.57 Å². The van der Waals surface area contributed by atoms with E-state index in [9.17, 15) is 4.79 Å². The maximum Gasteiger partial charge on any atom is 0.350 e. The van der Waals surface area contributed by atoms with Gasteiger partial charge in [0.25, 0.3) is 0 Å². The Balaban J connectivity index is 2.71. The fraction of sp³-hybridized carbons (Fsp3) is 0.167. The number of ether oxygens (including phenoxy) is 1. The van der Waals surface area contributed by atoms with Gasteiger partial charge < -0.3 is 10.1 Å². The number of halogens is 1. The van der Waals surface area contributed by atoms with Crippen molar-refractivity contribution >= 4 is 34.2 Å². The van der Waals surface area contributed by atoms with E-state index in [0.29, 0.717) is 0 Å². The van der Waals surface area contributed by atoms with Gasteiger partial charge in [-0.15, -0.1) is 0 Å². The molecular weight excluding hydrogens is 331 g/mol. The Hall–Kier alpha value is -1.55. The van der Waals surface area contributed by atoms with Crippen molar-refractivity contribution in [2.75, 3.05) is 11.9 Å². The number of hydrogen-bond donors (Lipinski definition) is 1. The third kappa shape index (κ3) is 4.44. The van der Waals surface area contributed by atoms with E-state index >= 15 is 0 Å². The van der Waals surface area contributed by atoms with Crippen molar-refractivity contribution < 1.29 is 9.53 Å². The van der Waals surface area contributed by atoms with E-state index in [1.165, 1.54) is 6.20 Å². The number of anilines is 1. The van der Waals surface area contributed by atoms with E-state index in [4.69, 9.17) is 10.00 Å². The van der Waals surface area contributed by atoms with Crippen LogP contribution in [0.3, 0.4) is 0 Å². The van der Waals surface area contributed by atoms with Crippen molar-refractivity contribution in [3.8, 4) is 6.07 Å². The molecule has 0 aliphatic rings. The summed E-state index contributed by atoms with van der Waals surface area (Å²) in [6.45, 7) is 1.95. The molecule has 4 nitrogen and oxygen atoms in total. The average molecular weight is 342 g/mol. The van der Waals surface area contributed by atoms with Crippen LogP contribution in [0, 0.1) is 14.9 Å². The zero-order valence-corrected chi connectivity index (χ0v) is 11.4. The number of nitriles is 1. The molecular formula is C12H11IN2O2. The highest BCUT2D eigenvalue weighted by molar-refractivity contribution is 14.1. The number of esters is 1. The van der Waals surface area contributed by atoms with Crippen LogP contribution in [0.2, 0.25) is 0 Å². The maximum atomic E-state index is 11.3. The highest BCUT2D eigenvalue weighted by Crippen LogP contribution is 2.11. The maximum absolute atomic E-state index is 11.3. The molecule has 0 saturated heterocycles. The van der Waals surface area contributed by atoms with Crippen molar-refractivity contribution in [2.45, 2.75) is 6.92 Å². The number of hydrogen-bond acceptors (Lipinski definition) is 4. The lowest BCUT2D eigenvalue weighted by atomic mass is 10.3. The topological polar surface area (TPSA) is 62.1 Å². The first-order chi connectivity index (χ1) is 8.17. The highest BCUT2D eigenvalue weighted by Gasteiger charge is 2.08. The second-order valence-corrected chi connectivity index (χ2v) is 4.29. The number of rotatable bonds is 4. The lowest BCUT2D eigenvalue weighted by molar-refractivity contribution is -0.138. The van der Waals surface area contributed by atoms with E-state index in [0.717, 1.165) is 9.26 Å². The van der Waals surface area contributed by atoms with Crippen molar-refractivity contribution in [1.29, 1.82) is 5.26 Å². The van der Waals surface area contributed by atoms with Crippen LogP contribution in [-0.4, -0.2) is 12.6 Å². The van der Waals surface area contributed by atoms with Gasteiger partial charge in [-0.3, -0.25) is 0 Å². The molecule has 1 aromatic rings. The van der Waals surface area contributed by atoms with Crippen LogP contribution < -0.4 is 5.32 Å². The largest absolute Gasteiger partial charge is 0.462 e. The second-order valence-electron chi connectivity index (χ2n) is 3.04. The van der Waals surface area contributed by atoms with Gasteiger partial charge in [0.05, 0.1) is 6.61 Å². The average Bonchev–Trinajstić information content (AvgIpc) is 2.32. The zero-order valence-electron chi connectivity index (χ0n) is 9.24. The summed E-state index contributed by atoms with van der Waals surface area (Å²) in [7, 11) is 0. The number of carbonyl (C=O) groups excluding carboxylic acids is 1. The van der Waals surface area contributed by atoms with Gasteiger partial charge in [0, 0.05) is 15.5 Å². The van der Waals surface area contributed by atoms with Gasteiger partial charge in [0.1, 0.15) is 6.07 Å². The fourth-order valence-electron chi connectivity index (χ4n) is 1.05. The molecule has 0 unspecified atom stereocenters. The molecule has 0 amide bonds. The third-order valence-corrected chi connectivity index (χ3v) is 2.56. The van der Waals surface area contributed by atoms with Crippen LogP contribution in [0.25, 0.3) is 0 Å². The summed E-state index contributed by atoms with van der Waals surface area (Å²) in [5.74, 6) is -0.618. The third-order valence-electron chi connectivity index (χ3n) is 1.84. The summed E-state index contributed by atoms with van der Waals surface area (Å²) in [5, 5.41) is 11.7. The molecule has 0 bridgehead atoms. The SMILES string of the molecule is CCOC(=O)/C(C#N)=C\Nc1ccc(I)cc1. The van der Waals surface area contributed by atoms with Crippen LogP contribution in [-0.2, 0) is 9.53 Å². The molecule has 0 fully saturated rings. The summed E-state index contributed by atoms with van der Waals surface area (Å²) in [6.07, 6.45) is 1.35. The van der Waals surface area contributed by atoms with Crippen LogP contribution in [0.5, 0.6) is 0 Å². The van der Waals surface area contributed by atoms with Crippen molar-refractivity contribution in [2.24, 2.45) is 0 Å². The lowest BCUT2D eigenvalue weighted by Crippen LogP contribution is -2.07. The van der Waals surface area contributed by atoms with E-state index < -0.39 is 5.97 Å². The van der Waals surface area contributed by atoms with Gasteiger partial charge in [-0.25, -0.2) is 4.79 Å². The minimum absolute atomic E-state index is 0.0506. The van der Waals surface area contributed by atoms with Crippen molar-refractivity contribution in [3.63, 3.8) is 0 Å². The molecule has 5 heteroatoms. The zero-order chi connectivity index (χ0) is 12.7. The monoisotopic (exact) mass is 342 g/mol. The molecule has 1 aromatic carbocycles. The molecule has 0 atom stereocenters.